The molecule has 0 spiro atoms. The van der Waals surface area contributed by atoms with Crippen molar-refractivity contribution in [3.05, 3.63) is 206 Å². The molecular formula is C52H34N2O. The van der Waals surface area contributed by atoms with Crippen molar-refractivity contribution in [3.8, 4) is 27.9 Å². The van der Waals surface area contributed by atoms with Crippen LogP contribution in [0.15, 0.2) is 211 Å². The minimum atomic E-state index is 0.854. The van der Waals surface area contributed by atoms with Crippen molar-refractivity contribution >= 4 is 71.6 Å². The first-order valence-electron chi connectivity index (χ1n) is 18.8. The summed E-state index contributed by atoms with van der Waals surface area (Å²) in [7, 11) is 0. The van der Waals surface area contributed by atoms with E-state index in [2.05, 4.69) is 216 Å². The van der Waals surface area contributed by atoms with E-state index in [-0.39, 0.29) is 0 Å². The molecule has 0 unspecified atom stereocenters. The Labute approximate surface area is 318 Å². The third-order valence-electron chi connectivity index (χ3n) is 11.0. The summed E-state index contributed by atoms with van der Waals surface area (Å²) in [6, 6.07) is 73.7. The van der Waals surface area contributed by atoms with Gasteiger partial charge in [-0.2, -0.15) is 0 Å². The maximum Gasteiger partial charge on any atom is 0.143 e. The van der Waals surface area contributed by atoms with Gasteiger partial charge in [0.15, 0.2) is 0 Å². The molecule has 0 radical (unpaired) electrons. The highest BCUT2D eigenvalue weighted by Gasteiger charge is 2.20. The van der Waals surface area contributed by atoms with Crippen LogP contribution in [-0.4, -0.2) is 4.57 Å². The van der Waals surface area contributed by atoms with E-state index in [0.717, 1.165) is 55.8 Å². The molecule has 0 aliphatic rings. The largest absolute Gasteiger partial charge is 0.455 e. The minimum absolute atomic E-state index is 0.854. The molecule has 0 aliphatic heterocycles. The number of benzene rings is 9. The highest BCUT2D eigenvalue weighted by atomic mass is 16.3. The van der Waals surface area contributed by atoms with Gasteiger partial charge in [-0.25, -0.2) is 0 Å². The molecule has 0 atom stereocenters. The Kier molecular flexibility index (Phi) is 7.17. The second kappa shape index (κ2) is 12.6. The molecule has 0 saturated carbocycles. The molecule has 2 aromatic heterocycles. The van der Waals surface area contributed by atoms with Crippen molar-refractivity contribution < 1.29 is 4.42 Å². The predicted molar refractivity (Wildman–Crippen MR) is 231 cm³/mol. The highest BCUT2D eigenvalue weighted by Crippen LogP contribution is 2.44. The molecule has 55 heavy (non-hydrogen) atoms. The number of fused-ring (bicyclic) bond motifs is 7. The number of aromatic nitrogens is 1. The van der Waals surface area contributed by atoms with Gasteiger partial charge in [0.2, 0.25) is 0 Å². The molecule has 11 aromatic rings. The third-order valence-corrected chi connectivity index (χ3v) is 11.0. The van der Waals surface area contributed by atoms with E-state index in [4.69, 9.17) is 4.42 Å². The van der Waals surface area contributed by atoms with E-state index in [1.165, 1.54) is 43.7 Å². The molecule has 3 nitrogen and oxygen atoms in total. The molecule has 3 heteroatoms. The average Bonchev–Trinajstić information content (AvgIpc) is 3.79. The first kappa shape index (κ1) is 31.2. The van der Waals surface area contributed by atoms with Crippen LogP contribution in [0.25, 0.3) is 82.5 Å². The van der Waals surface area contributed by atoms with E-state index >= 15 is 0 Å². The second-order valence-corrected chi connectivity index (χ2v) is 14.1. The van der Waals surface area contributed by atoms with Crippen LogP contribution in [-0.2, 0) is 0 Å². The van der Waals surface area contributed by atoms with Crippen molar-refractivity contribution in [2.75, 3.05) is 4.90 Å². The van der Waals surface area contributed by atoms with Crippen molar-refractivity contribution in [1.29, 1.82) is 0 Å². The second-order valence-electron chi connectivity index (χ2n) is 14.1. The lowest BCUT2D eigenvalue weighted by Gasteiger charge is -2.25. The van der Waals surface area contributed by atoms with Crippen LogP contribution in [0.2, 0.25) is 0 Å². The number of para-hydroxylation sites is 3. The minimum Gasteiger partial charge on any atom is -0.455 e. The lowest BCUT2D eigenvalue weighted by Crippen LogP contribution is -2.09. The fourth-order valence-electron chi connectivity index (χ4n) is 8.42. The van der Waals surface area contributed by atoms with Gasteiger partial charge in [0.1, 0.15) is 11.2 Å². The third kappa shape index (κ3) is 5.13. The molecule has 2 heterocycles. The number of furan rings is 1. The quantitative estimate of drug-likeness (QED) is 0.172. The maximum atomic E-state index is 6.97. The van der Waals surface area contributed by atoms with Gasteiger partial charge in [0.25, 0.3) is 0 Å². The molecule has 0 saturated heterocycles. The average molecular weight is 703 g/mol. The summed E-state index contributed by atoms with van der Waals surface area (Å²) in [5.74, 6) is 0. The van der Waals surface area contributed by atoms with Crippen LogP contribution in [0.4, 0.5) is 17.1 Å². The molecule has 0 N–H and O–H groups in total. The van der Waals surface area contributed by atoms with Crippen LogP contribution < -0.4 is 4.90 Å². The SMILES string of the molecule is c1ccc(-c2ccc(N(c3ccccc3)c3ccc4c(c3)oc3c(-c5ccc(-n6c7ccccc7c7ccccc76)cc5)c5ccccc5cc34)cc2)cc1. The molecule has 0 bridgehead atoms. The summed E-state index contributed by atoms with van der Waals surface area (Å²) in [6.45, 7) is 0. The topological polar surface area (TPSA) is 21.3 Å². The van der Waals surface area contributed by atoms with Gasteiger partial charge in [-0.15, -0.1) is 0 Å². The summed E-state index contributed by atoms with van der Waals surface area (Å²) in [6.07, 6.45) is 0. The van der Waals surface area contributed by atoms with Crippen molar-refractivity contribution in [3.63, 3.8) is 0 Å². The Morgan fingerprint density at radius 2 is 0.909 bits per heavy atom. The zero-order chi connectivity index (χ0) is 36.3. The highest BCUT2D eigenvalue weighted by molar-refractivity contribution is 6.18. The first-order valence-corrected chi connectivity index (χ1v) is 18.8. The Hall–Kier alpha value is -7.36. The van der Waals surface area contributed by atoms with Gasteiger partial charge in [0.05, 0.1) is 11.0 Å². The summed E-state index contributed by atoms with van der Waals surface area (Å²) >= 11 is 0. The molecule has 9 aromatic carbocycles. The summed E-state index contributed by atoms with van der Waals surface area (Å²) in [5.41, 5.74) is 13.1. The zero-order valence-corrected chi connectivity index (χ0v) is 29.9. The van der Waals surface area contributed by atoms with Crippen molar-refractivity contribution in [1.82, 2.24) is 4.57 Å². The number of hydrogen-bond acceptors (Lipinski definition) is 2. The van der Waals surface area contributed by atoms with Gasteiger partial charge in [0, 0.05) is 55.9 Å². The van der Waals surface area contributed by atoms with Gasteiger partial charge < -0.3 is 13.9 Å². The number of nitrogens with zero attached hydrogens (tertiary/aromatic N) is 2. The van der Waals surface area contributed by atoms with E-state index in [9.17, 15) is 0 Å². The molecule has 0 aliphatic carbocycles. The number of rotatable bonds is 6. The Morgan fingerprint density at radius 3 is 1.62 bits per heavy atom. The van der Waals surface area contributed by atoms with Crippen LogP contribution in [0.5, 0.6) is 0 Å². The fourth-order valence-corrected chi connectivity index (χ4v) is 8.42. The van der Waals surface area contributed by atoms with E-state index < -0.39 is 0 Å². The summed E-state index contributed by atoms with van der Waals surface area (Å²) in [5, 5.41) is 7.08. The Balaban J connectivity index is 1.06. The van der Waals surface area contributed by atoms with Gasteiger partial charge >= 0.3 is 0 Å². The normalized spacial score (nSPS) is 11.6. The van der Waals surface area contributed by atoms with Crippen LogP contribution in [0.3, 0.4) is 0 Å². The maximum absolute atomic E-state index is 6.97. The standard InChI is InChI=1S/C52H34N2O/c1-3-13-35(14-4-1)36-23-27-40(28-24-36)53(39-16-5-2-6-17-39)42-31-32-46-47-33-38-15-7-8-18-43(38)51(52(47)55-50(46)34-42)37-25-29-41(30-26-37)54-48-21-11-9-19-44(48)45-20-10-12-22-49(45)54/h1-34H. The molecule has 11 rings (SSSR count). The van der Waals surface area contributed by atoms with Gasteiger partial charge in [-0.05, 0) is 94.2 Å². The Bertz CT molecular complexity index is 3120. The van der Waals surface area contributed by atoms with E-state index in [1.807, 2.05) is 0 Å². The van der Waals surface area contributed by atoms with Crippen molar-refractivity contribution in [2.24, 2.45) is 0 Å². The van der Waals surface area contributed by atoms with Crippen LogP contribution in [0.1, 0.15) is 0 Å². The molecule has 258 valence electrons. The van der Waals surface area contributed by atoms with Gasteiger partial charge in [-0.3, -0.25) is 0 Å². The van der Waals surface area contributed by atoms with E-state index in [1.54, 1.807) is 0 Å². The monoisotopic (exact) mass is 702 g/mol. The lowest BCUT2D eigenvalue weighted by molar-refractivity contribution is 0.670. The van der Waals surface area contributed by atoms with Crippen LogP contribution in [0, 0.1) is 0 Å². The summed E-state index contributed by atoms with van der Waals surface area (Å²) < 4.78 is 9.34. The Morgan fingerprint density at radius 1 is 0.364 bits per heavy atom. The summed E-state index contributed by atoms with van der Waals surface area (Å²) in [4.78, 5) is 2.30. The lowest BCUT2D eigenvalue weighted by atomic mass is 9.95. The van der Waals surface area contributed by atoms with E-state index in [0.29, 0.717) is 0 Å². The molecular weight excluding hydrogens is 669 g/mol. The molecule has 0 amide bonds. The fraction of sp³-hybridized carbons (Fsp3) is 0. The smallest absolute Gasteiger partial charge is 0.143 e. The van der Waals surface area contributed by atoms with Gasteiger partial charge in [-0.1, -0.05) is 133 Å². The predicted octanol–water partition coefficient (Wildman–Crippen LogP) is 14.6. The zero-order valence-electron chi connectivity index (χ0n) is 29.9. The van der Waals surface area contributed by atoms with Crippen LogP contribution >= 0.6 is 0 Å². The first-order chi connectivity index (χ1) is 27.3. The number of anilines is 3. The van der Waals surface area contributed by atoms with Crippen molar-refractivity contribution in [2.45, 2.75) is 0 Å². The number of hydrogen-bond donors (Lipinski definition) is 0. The molecule has 0 fully saturated rings.